The highest BCUT2D eigenvalue weighted by atomic mass is 35.5. The number of hydrogen-bond acceptors (Lipinski definition) is 5. The number of carbonyl (C=O) groups is 1. The molecule has 108 valence electrons. The summed E-state index contributed by atoms with van der Waals surface area (Å²) >= 11 is 0. The van der Waals surface area contributed by atoms with E-state index >= 15 is 0 Å². The minimum absolute atomic E-state index is 0. The second-order valence-electron chi connectivity index (χ2n) is 4.71. The van der Waals surface area contributed by atoms with E-state index in [1.54, 1.807) is 6.07 Å². The summed E-state index contributed by atoms with van der Waals surface area (Å²) in [5, 5.41) is 3.21. The molecule has 0 spiro atoms. The average molecular weight is 289 g/mol. The van der Waals surface area contributed by atoms with Crippen LogP contribution in [-0.4, -0.2) is 44.7 Å². The summed E-state index contributed by atoms with van der Waals surface area (Å²) in [6.07, 6.45) is 1.21. The maximum absolute atomic E-state index is 11.3. The Morgan fingerprint density at radius 3 is 3.05 bits per heavy atom. The maximum atomic E-state index is 11.3. The number of halogens is 1. The average Bonchev–Trinajstić information content (AvgIpc) is 2.99. The van der Waals surface area contributed by atoms with E-state index in [0.717, 1.165) is 31.9 Å². The summed E-state index contributed by atoms with van der Waals surface area (Å²) in [4.78, 5) is 13.6. The fourth-order valence-corrected chi connectivity index (χ4v) is 2.41. The van der Waals surface area contributed by atoms with E-state index in [1.807, 2.05) is 13.1 Å². The number of esters is 1. The first-order valence-electron chi connectivity index (χ1n) is 6.27. The number of carbonyl (C=O) groups excluding carboxylic acids is 1. The number of nitrogens with zero attached hydrogens (tertiary/aromatic N) is 1. The van der Waals surface area contributed by atoms with Crippen molar-refractivity contribution < 1.29 is 13.9 Å². The number of methoxy groups -OCH3 is 1. The van der Waals surface area contributed by atoms with Gasteiger partial charge >= 0.3 is 5.97 Å². The van der Waals surface area contributed by atoms with E-state index < -0.39 is 5.97 Å². The summed E-state index contributed by atoms with van der Waals surface area (Å²) < 4.78 is 10.1. The van der Waals surface area contributed by atoms with E-state index in [0.29, 0.717) is 5.92 Å². The van der Waals surface area contributed by atoms with E-state index in [1.165, 1.54) is 13.5 Å². The Bertz CT molecular complexity index is 408. The van der Waals surface area contributed by atoms with Crippen LogP contribution >= 0.6 is 12.4 Å². The standard InChI is InChI=1S/C13H20N2O3.ClH/c1-14-7-10-5-6-15(8-10)9-11-3-4-12(18-11)13(16)17-2;/h3-4,10,14H,5-9H2,1-2H3;1H. The van der Waals surface area contributed by atoms with E-state index in [-0.39, 0.29) is 18.2 Å². The first-order valence-corrected chi connectivity index (χ1v) is 6.27. The Morgan fingerprint density at radius 1 is 1.58 bits per heavy atom. The van der Waals surface area contributed by atoms with Gasteiger partial charge in [0.1, 0.15) is 5.76 Å². The van der Waals surface area contributed by atoms with Crippen molar-refractivity contribution in [3.05, 3.63) is 23.7 Å². The van der Waals surface area contributed by atoms with Gasteiger partial charge in [-0.05, 0) is 44.6 Å². The molecule has 0 aliphatic carbocycles. The van der Waals surface area contributed by atoms with Crippen molar-refractivity contribution in [1.82, 2.24) is 10.2 Å². The molecule has 6 heteroatoms. The van der Waals surface area contributed by atoms with E-state index in [2.05, 4.69) is 15.0 Å². The largest absolute Gasteiger partial charge is 0.463 e. The SMILES string of the molecule is CNCC1CCN(Cc2ccc(C(=O)OC)o2)C1.Cl. The van der Waals surface area contributed by atoms with Crippen LogP contribution in [0.2, 0.25) is 0 Å². The van der Waals surface area contributed by atoms with Crippen LogP contribution in [0.25, 0.3) is 0 Å². The van der Waals surface area contributed by atoms with Crippen molar-refractivity contribution in [2.24, 2.45) is 5.92 Å². The Hall–Kier alpha value is -1.04. The van der Waals surface area contributed by atoms with Crippen molar-refractivity contribution in [1.29, 1.82) is 0 Å². The number of rotatable bonds is 5. The van der Waals surface area contributed by atoms with Crippen molar-refractivity contribution in [3.8, 4) is 0 Å². The van der Waals surface area contributed by atoms with Gasteiger partial charge in [0, 0.05) is 6.54 Å². The lowest BCUT2D eigenvalue weighted by atomic mass is 10.1. The Balaban J connectivity index is 0.00000180. The molecule has 0 aromatic carbocycles. The number of likely N-dealkylation sites (tertiary alicyclic amines) is 1. The normalized spacial score (nSPS) is 19.2. The minimum atomic E-state index is -0.421. The molecular weight excluding hydrogens is 268 g/mol. The van der Waals surface area contributed by atoms with Gasteiger partial charge in [0.15, 0.2) is 0 Å². The second-order valence-corrected chi connectivity index (χ2v) is 4.71. The van der Waals surface area contributed by atoms with Gasteiger partial charge in [0.05, 0.1) is 13.7 Å². The van der Waals surface area contributed by atoms with Crippen molar-refractivity contribution >= 4 is 18.4 Å². The molecule has 1 unspecified atom stereocenters. The predicted molar refractivity (Wildman–Crippen MR) is 74.6 cm³/mol. The summed E-state index contributed by atoms with van der Waals surface area (Å²) in [5.41, 5.74) is 0. The summed E-state index contributed by atoms with van der Waals surface area (Å²) in [6, 6.07) is 3.51. The molecule has 19 heavy (non-hydrogen) atoms. The summed E-state index contributed by atoms with van der Waals surface area (Å²) in [5.74, 6) is 1.39. The van der Waals surface area contributed by atoms with E-state index in [9.17, 15) is 4.79 Å². The van der Waals surface area contributed by atoms with Crippen LogP contribution in [0.5, 0.6) is 0 Å². The Morgan fingerprint density at radius 2 is 2.37 bits per heavy atom. The molecule has 0 saturated carbocycles. The Kier molecular flexibility index (Phi) is 6.34. The highest BCUT2D eigenvalue weighted by Gasteiger charge is 2.23. The molecule has 1 saturated heterocycles. The van der Waals surface area contributed by atoms with Gasteiger partial charge in [-0.15, -0.1) is 12.4 Å². The molecule has 1 aliphatic heterocycles. The molecule has 1 aromatic heterocycles. The van der Waals surface area contributed by atoms with Crippen LogP contribution in [0.1, 0.15) is 22.7 Å². The van der Waals surface area contributed by atoms with Gasteiger partial charge in [-0.25, -0.2) is 4.79 Å². The maximum Gasteiger partial charge on any atom is 0.373 e. The molecule has 0 radical (unpaired) electrons. The number of furan rings is 1. The van der Waals surface area contributed by atoms with Crippen molar-refractivity contribution in [3.63, 3.8) is 0 Å². The first-order chi connectivity index (χ1) is 8.72. The third-order valence-electron chi connectivity index (χ3n) is 3.29. The van der Waals surface area contributed by atoms with Crippen LogP contribution in [-0.2, 0) is 11.3 Å². The second kappa shape index (κ2) is 7.53. The molecule has 1 N–H and O–H groups in total. The molecule has 1 aliphatic rings. The third kappa shape index (κ3) is 4.23. The molecular formula is C13H21ClN2O3. The minimum Gasteiger partial charge on any atom is -0.463 e. The van der Waals surface area contributed by atoms with Crippen LogP contribution < -0.4 is 5.32 Å². The van der Waals surface area contributed by atoms with Crippen molar-refractivity contribution in [2.75, 3.05) is 33.8 Å². The van der Waals surface area contributed by atoms with Gasteiger partial charge in [-0.2, -0.15) is 0 Å². The zero-order valence-corrected chi connectivity index (χ0v) is 12.2. The lowest BCUT2D eigenvalue weighted by molar-refractivity contribution is 0.0561. The zero-order valence-electron chi connectivity index (χ0n) is 11.3. The fraction of sp³-hybridized carbons (Fsp3) is 0.615. The van der Waals surface area contributed by atoms with Gasteiger partial charge in [-0.3, -0.25) is 4.90 Å². The lowest BCUT2D eigenvalue weighted by Crippen LogP contribution is -2.24. The smallest absolute Gasteiger partial charge is 0.373 e. The molecule has 0 bridgehead atoms. The molecule has 5 nitrogen and oxygen atoms in total. The monoisotopic (exact) mass is 288 g/mol. The number of hydrogen-bond donors (Lipinski definition) is 1. The highest BCUT2D eigenvalue weighted by Crippen LogP contribution is 2.19. The topological polar surface area (TPSA) is 54.7 Å². The van der Waals surface area contributed by atoms with Gasteiger partial charge in [0.25, 0.3) is 0 Å². The van der Waals surface area contributed by atoms with Crippen LogP contribution in [0.3, 0.4) is 0 Å². The molecule has 0 amide bonds. The molecule has 2 rings (SSSR count). The fourth-order valence-electron chi connectivity index (χ4n) is 2.41. The predicted octanol–water partition coefficient (Wildman–Crippen LogP) is 1.53. The first kappa shape index (κ1) is 16.0. The number of nitrogens with one attached hydrogen (secondary N) is 1. The zero-order chi connectivity index (χ0) is 13.0. The number of ether oxygens (including phenoxy) is 1. The van der Waals surface area contributed by atoms with Crippen LogP contribution in [0.4, 0.5) is 0 Å². The van der Waals surface area contributed by atoms with E-state index in [4.69, 9.17) is 4.42 Å². The van der Waals surface area contributed by atoms with Crippen molar-refractivity contribution in [2.45, 2.75) is 13.0 Å². The molecule has 1 aromatic rings. The third-order valence-corrected chi connectivity index (χ3v) is 3.29. The summed E-state index contributed by atoms with van der Waals surface area (Å²) in [6.45, 7) is 3.98. The van der Waals surface area contributed by atoms with Gasteiger partial charge in [0.2, 0.25) is 5.76 Å². The van der Waals surface area contributed by atoms with Gasteiger partial charge in [-0.1, -0.05) is 0 Å². The molecule has 1 atom stereocenters. The Labute approximate surface area is 119 Å². The molecule has 2 heterocycles. The lowest BCUT2D eigenvalue weighted by Gasteiger charge is -2.14. The van der Waals surface area contributed by atoms with Crippen LogP contribution in [0, 0.1) is 5.92 Å². The highest BCUT2D eigenvalue weighted by molar-refractivity contribution is 5.86. The van der Waals surface area contributed by atoms with Gasteiger partial charge < -0.3 is 14.5 Å². The summed E-state index contributed by atoms with van der Waals surface area (Å²) in [7, 11) is 3.34. The quantitative estimate of drug-likeness (QED) is 0.833. The molecule has 1 fully saturated rings. The van der Waals surface area contributed by atoms with Crippen LogP contribution in [0.15, 0.2) is 16.5 Å².